The highest BCUT2D eigenvalue weighted by atomic mass is 32.1. The van der Waals surface area contributed by atoms with Crippen LogP contribution in [-0.4, -0.2) is 19.5 Å². The first-order valence-electron chi connectivity index (χ1n) is 18.8. The average Bonchev–Trinajstić information content (AvgIpc) is 3.83. The van der Waals surface area contributed by atoms with Gasteiger partial charge in [0.05, 0.1) is 11.0 Å². The number of rotatable bonds is 6. The molecule has 3 aromatic heterocycles. The number of para-hydroxylation sites is 2. The quantitative estimate of drug-likeness (QED) is 0.171. The number of benzene rings is 8. The van der Waals surface area contributed by atoms with Crippen molar-refractivity contribution in [3.63, 3.8) is 0 Å². The van der Waals surface area contributed by atoms with Crippen molar-refractivity contribution < 1.29 is 0 Å². The van der Waals surface area contributed by atoms with Gasteiger partial charge in [-0.05, 0) is 69.8 Å². The summed E-state index contributed by atoms with van der Waals surface area (Å²) >= 11 is 1.86. The molecule has 11 aromatic rings. The van der Waals surface area contributed by atoms with Crippen molar-refractivity contribution in [1.82, 2.24) is 19.5 Å². The molecule has 3 heterocycles. The monoisotopic (exact) mass is 732 g/mol. The second kappa shape index (κ2) is 13.3. The maximum Gasteiger partial charge on any atom is 0.238 e. The van der Waals surface area contributed by atoms with E-state index in [1.165, 1.54) is 42.4 Å². The first-order valence-corrected chi connectivity index (χ1v) is 19.6. The molecule has 0 radical (unpaired) electrons. The molecule has 56 heavy (non-hydrogen) atoms. The van der Waals surface area contributed by atoms with Crippen LogP contribution >= 0.6 is 11.3 Å². The molecule has 0 aliphatic heterocycles. The van der Waals surface area contributed by atoms with Gasteiger partial charge in [0.2, 0.25) is 5.95 Å². The summed E-state index contributed by atoms with van der Waals surface area (Å²) in [5, 5.41) is 4.93. The van der Waals surface area contributed by atoms with E-state index >= 15 is 0 Å². The molecule has 0 saturated heterocycles. The molecule has 0 amide bonds. The molecule has 0 unspecified atom stereocenters. The lowest BCUT2D eigenvalue weighted by Gasteiger charge is -2.12. The highest BCUT2D eigenvalue weighted by Crippen LogP contribution is 2.43. The van der Waals surface area contributed by atoms with Crippen LogP contribution in [0.4, 0.5) is 0 Å². The number of thiophene rings is 1. The van der Waals surface area contributed by atoms with E-state index in [-0.39, 0.29) is 0 Å². The van der Waals surface area contributed by atoms with Gasteiger partial charge in [0.25, 0.3) is 0 Å². The van der Waals surface area contributed by atoms with Crippen LogP contribution in [0, 0.1) is 0 Å². The summed E-state index contributed by atoms with van der Waals surface area (Å²) < 4.78 is 4.75. The molecule has 4 nitrogen and oxygen atoms in total. The van der Waals surface area contributed by atoms with E-state index in [9.17, 15) is 0 Å². The van der Waals surface area contributed by atoms with Gasteiger partial charge >= 0.3 is 0 Å². The van der Waals surface area contributed by atoms with Crippen molar-refractivity contribution >= 4 is 53.3 Å². The Morgan fingerprint density at radius 1 is 0.339 bits per heavy atom. The van der Waals surface area contributed by atoms with Gasteiger partial charge in [-0.2, -0.15) is 9.97 Å². The third-order valence-electron chi connectivity index (χ3n) is 10.7. The first-order chi connectivity index (χ1) is 27.7. The van der Waals surface area contributed by atoms with Crippen molar-refractivity contribution in [1.29, 1.82) is 0 Å². The van der Waals surface area contributed by atoms with Crippen LogP contribution in [0.1, 0.15) is 0 Å². The smallest absolute Gasteiger partial charge is 0.238 e. The summed E-state index contributed by atoms with van der Waals surface area (Å²) in [7, 11) is 0. The number of hydrogen-bond donors (Lipinski definition) is 0. The van der Waals surface area contributed by atoms with E-state index < -0.39 is 0 Å². The summed E-state index contributed by atoms with van der Waals surface area (Å²) in [6, 6.07) is 68.7. The van der Waals surface area contributed by atoms with E-state index in [2.05, 4.69) is 168 Å². The molecule has 0 saturated carbocycles. The van der Waals surface area contributed by atoms with Gasteiger partial charge in [0.1, 0.15) is 0 Å². The van der Waals surface area contributed by atoms with Crippen LogP contribution in [0.15, 0.2) is 194 Å². The lowest BCUT2D eigenvalue weighted by molar-refractivity contribution is 0.953. The Morgan fingerprint density at radius 2 is 0.857 bits per heavy atom. The number of aromatic nitrogens is 4. The molecule has 11 rings (SSSR count). The standard InChI is InChI=1S/C51H32N4S/c1-3-14-33(15-4-1)39-31-43(48-42-22-9-12-25-46(42)56-47(48)32-39)38-19-13-18-37(30-38)34-26-28-36(29-27-34)50-52-49(35-16-5-2-6-17-35)53-51(54-50)55-44-23-10-7-20-40(44)41-21-8-11-24-45(41)55/h1-32H. The number of nitrogens with zero attached hydrogens (tertiary/aromatic N) is 4. The van der Waals surface area contributed by atoms with Gasteiger partial charge < -0.3 is 0 Å². The van der Waals surface area contributed by atoms with Gasteiger partial charge in [-0.3, -0.25) is 4.57 Å². The predicted molar refractivity (Wildman–Crippen MR) is 234 cm³/mol. The van der Waals surface area contributed by atoms with E-state index in [0.29, 0.717) is 17.6 Å². The second-order valence-corrected chi connectivity index (χ2v) is 15.1. The molecule has 0 bridgehead atoms. The highest BCUT2D eigenvalue weighted by Gasteiger charge is 2.18. The summed E-state index contributed by atoms with van der Waals surface area (Å²) in [4.78, 5) is 15.3. The Labute approximate surface area is 327 Å². The second-order valence-electron chi connectivity index (χ2n) is 14.0. The van der Waals surface area contributed by atoms with Crippen LogP contribution in [0.5, 0.6) is 0 Å². The zero-order chi connectivity index (χ0) is 37.0. The van der Waals surface area contributed by atoms with Gasteiger partial charge in [0, 0.05) is 42.1 Å². The van der Waals surface area contributed by atoms with Crippen molar-refractivity contribution in [3.8, 4) is 62.1 Å². The van der Waals surface area contributed by atoms with Crippen molar-refractivity contribution in [3.05, 3.63) is 194 Å². The Hall–Kier alpha value is -7.21. The average molecular weight is 733 g/mol. The molecule has 0 fully saturated rings. The van der Waals surface area contributed by atoms with Crippen LogP contribution in [0.3, 0.4) is 0 Å². The van der Waals surface area contributed by atoms with Crippen molar-refractivity contribution in [2.24, 2.45) is 0 Å². The molecule has 0 N–H and O–H groups in total. The summed E-state index contributed by atoms with van der Waals surface area (Å²) in [5.74, 6) is 1.85. The predicted octanol–water partition coefficient (Wildman–Crippen LogP) is 13.7. The maximum absolute atomic E-state index is 5.15. The van der Waals surface area contributed by atoms with Crippen LogP contribution < -0.4 is 0 Å². The molecule has 0 atom stereocenters. The fourth-order valence-electron chi connectivity index (χ4n) is 8.01. The van der Waals surface area contributed by atoms with Gasteiger partial charge in [-0.1, -0.05) is 158 Å². The topological polar surface area (TPSA) is 43.6 Å². The summed E-state index contributed by atoms with van der Waals surface area (Å²) in [5.41, 5.74) is 11.1. The van der Waals surface area contributed by atoms with Gasteiger partial charge in [-0.25, -0.2) is 4.98 Å². The molecular weight excluding hydrogens is 701 g/mol. The van der Waals surface area contributed by atoms with E-state index in [0.717, 1.165) is 44.1 Å². The minimum atomic E-state index is 0.591. The number of hydrogen-bond acceptors (Lipinski definition) is 4. The molecule has 0 spiro atoms. The van der Waals surface area contributed by atoms with Gasteiger partial charge in [0.15, 0.2) is 11.6 Å². The van der Waals surface area contributed by atoms with Gasteiger partial charge in [-0.15, -0.1) is 11.3 Å². The minimum absolute atomic E-state index is 0.591. The molecule has 0 aliphatic carbocycles. The van der Waals surface area contributed by atoms with E-state index in [1.54, 1.807) is 0 Å². The molecule has 0 aliphatic rings. The SMILES string of the molecule is c1ccc(-c2cc(-c3cccc(-c4ccc(-c5nc(-c6ccccc6)nc(-n6c7ccccc7c7ccccc76)n5)cc4)c3)c3c(c2)sc2ccccc23)cc1. The third kappa shape index (κ3) is 5.48. The van der Waals surface area contributed by atoms with Crippen molar-refractivity contribution in [2.75, 3.05) is 0 Å². The Balaban J connectivity index is 1.02. The zero-order valence-electron chi connectivity index (χ0n) is 30.2. The first kappa shape index (κ1) is 32.2. The van der Waals surface area contributed by atoms with Crippen LogP contribution in [-0.2, 0) is 0 Å². The summed E-state index contributed by atoms with van der Waals surface area (Å²) in [6.45, 7) is 0. The third-order valence-corrected chi connectivity index (χ3v) is 11.8. The fraction of sp³-hybridized carbons (Fsp3) is 0. The fourth-order valence-corrected chi connectivity index (χ4v) is 9.18. The maximum atomic E-state index is 5.15. The lowest BCUT2D eigenvalue weighted by atomic mass is 9.92. The Bertz CT molecular complexity index is 3180. The Kier molecular flexibility index (Phi) is 7.64. The summed E-state index contributed by atoms with van der Waals surface area (Å²) in [6.07, 6.45) is 0. The lowest BCUT2D eigenvalue weighted by Crippen LogP contribution is -2.06. The Morgan fingerprint density at radius 3 is 1.55 bits per heavy atom. The zero-order valence-corrected chi connectivity index (χ0v) is 31.0. The highest BCUT2D eigenvalue weighted by molar-refractivity contribution is 7.26. The van der Waals surface area contributed by atoms with Crippen molar-refractivity contribution in [2.45, 2.75) is 0 Å². The van der Waals surface area contributed by atoms with Crippen LogP contribution in [0.25, 0.3) is 104 Å². The molecule has 262 valence electrons. The normalized spacial score (nSPS) is 11.6. The molecule has 5 heteroatoms. The van der Waals surface area contributed by atoms with E-state index in [4.69, 9.17) is 15.0 Å². The van der Waals surface area contributed by atoms with E-state index in [1.807, 2.05) is 41.7 Å². The van der Waals surface area contributed by atoms with Crippen LogP contribution in [0.2, 0.25) is 0 Å². The number of fused-ring (bicyclic) bond motifs is 6. The molecule has 8 aromatic carbocycles. The minimum Gasteiger partial charge on any atom is -0.278 e. The molecular formula is C51H32N4S. The largest absolute Gasteiger partial charge is 0.278 e.